The number of rotatable bonds is 1. The third-order valence-electron chi connectivity index (χ3n) is 2.84. The van der Waals surface area contributed by atoms with Crippen LogP contribution in [0, 0.1) is 13.8 Å². The van der Waals surface area contributed by atoms with Crippen LogP contribution < -0.4 is 15.4 Å². The highest BCUT2D eigenvalue weighted by Gasteiger charge is 2.23. The van der Waals surface area contributed by atoms with Gasteiger partial charge < -0.3 is 15.4 Å². The lowest BCUT2D eigenvalue weighted by Crippen LogP contribution is -2.42. The van der Waals surface area contributed by atoms with Gasteiger partial charge in [0.2, 0.25) is 0 Å². The van der Waals surface area contributed by atoms with E-state index >= 15 is 0 Å². The van der Waals surface area contributed by atoms with Gasteiger partial charge in [0.25, 0.3) is 0 Å². The Morgan fingerprint density at radius 1 is 1.47 bits per heavy atom. The van der Waals surface area contributed by atoms with E-state index in [0.29, 0.717) is 6.54 Å². The van der Waals surface area contributed by atoms with Crippen molar-refractivity contribution < 1.29 is 4.74 Å². The van der Waals surface area contributed by atoms with Crippen LogP contribution in [0.5, 0.6) is 5.75 Å². The maximum absolute atomic E-state index is 5.87. The molecule has 0 amide bonds. The summed E-state index contributed by atoms with van der Waals surface area (Å²) < 4.78 is 5.87. The van der Waals surface area contributed by atoms with Crippen LogP contribution in [0.3, 0.4) is 0 Å². The number of nitrogens with two attached hydrogens (primary N) is 1. The summed E-state index contributed by atoms with van der Waals surface area (Å²) >= 11 is 0. The Labute approximate surface area is 90.8 Å². The van der Waals surface area contributed by atoms with E-state index in [1.165, 1.54) is 16.8 Å². The molecule has 1 atom stereocenters. The van der Waals surface area contributed by atoms with E-state index in [1.54, 1.807) is 0 Å². The molecule has 0 fully saturated rings. The lowest BCUT2D eigenvalue weighted by atomic mass is 10.1. The van der Waals surface area contributed by atoms with Crippen LogP contribution in [0.25, 0.3) is 0 Å². The summed E-state index contributed by atoms with van der Waals surface area (Å²) in [5, 5.41) is 0. The first-order chi connectivity index (χ1) is 7.11. The van der Waals surface area contributed by atoms with Gasteiger partial charge in [-0.15, -0.1) is 0 Å². The summed E-state index contributed by atoms with van der Waals surface area (Å²) in [5.41, 5.74) is 9.29. The van der Waals surface area contributed by atoms with Gasteiger partial charge in [0.1, 0.15) is 11.9 Å². The first-order valence-corrected chi connectivity index (χ1v) is 5.31. The molecule has 0 radical (unpaired) electrons. The molecule has 1 aromatic rings. The summed E-state index contributed by atoms with van der Waals surface area (Å²) in [6, 6.07) is 4.31. The average Bonchev–Trinajstić information content (AvgIpc) is 2.19. The Balaban J connectivity index is 2.45. The first kappa shape index (κ1) is 10.3. The molecule has 1 aromatic carbocycles. The van der Waals surface area contributed by atoms with Crippen molar-refractivity contribution in [2.75, 3.05) is 25.0 Å². The van der Waals surface area contributed by atoms with Gasteiger partial charge in [-0.2, -0.15) is 0 Å². The molecule has 1 aliphatic heterocycles. The molecule has 0 saturated heterocycles. The number of fused-ring (bicyclic) bond motifs is 1. The Morgan fingerprint density at radius 3 is 2.87 bits per heavy atom. The summed E-state index contributed by atoms with van der Waals surface area (Å²) in [4.78, 5) is 2.22. The largest absolute Gasteiger partial charge is 0.485 e. The van der Waals surface area contributed by atoms with E-state index in [0.717, 1.165) is 12.3 Å². The zero-order valence-electron chi connectivity index (χ0n) is 9.58. The van der Waals surface area contributed by atoms with E-state index < -0.39 is 0 Å². The minimum atomic E-state index is 0.115. The molecule has 2 N–H and O–H groups in total. The smallest absolute Gasteiger partial charge is 0.146 e. The average molecular weight is 206 g/mol. The molecule has 0 saturated carbocycles. The molecular weight excluding hydrogens is 188 g/mol. The highest BCUT2D eigenvalue weighted by atomic mass is 16.5. The van der Waals surface area contributed by atoms with Crippen molar-refractivity contribution in [3.05, 3.63) is 23.3 Å². The molecule has 2 rings (SSSR count). The van der Waals surface area contributed by atoms with Crippen molar-refractivity contribution in [2.45, 2.75) is 20.0 Å². The number of aryl methyl sites for hydroxylation is 2. The summed E-state index contributed by atoms with van der Waals surface area (Å²) in [5.74, 6) is 0.991. The zero-order valence-corrected chi connectivity index (χ0v) is 9.58. The second-order valence-corrected chi connectivity index (χ2v) is 4.29. The van der Waals surface area contributed by atoms with Crippen LogP contribution in [0.4, 0.5) is 5.69 Å². The lowest BCUT2D eigenvalue weighted by Gasteiger charge is -2.34. The molecule has 1 unspecified atom stereocenters. The van der Waals surface area contributed by atoms with Crippen LogP contribution in [0.15, 0.2) is 12.1 Å². The Bertz CT molecular complexity index is 376. The number of anilines is 1. The van der Waals surface area contributed by atoms with Crippen molar-refractivity contribution in [1.29, 1.82) is 0 Å². The van der Waals surface area contributed by atoms with Gasteiger partial charge in [-0.1, -0.05) is 6.07 Å². The number of nitrogens with zero attached hydrogens (tertiary/aromatic N) is 1. The third-order valence-corrected chi connectivity index (χ3v) is 2.84. The van der Waals surface area contributed by atoms with Crippen LogP contribution in [0.1, 0.15) is 11.1 Å². The normalized spacial score (nSPS) is 19.7. The minimum Gasteiger partial charge on any atom is -0.485 e. The molecule has 1 heterocycles. The molecule has 0 spiro atoms. The third kappa shape index (κ3) is 1.79. The Kier molecular flexibility index (Phi) is 2.57. The van der Waals surface area contributed by atoms with E-state index in [9.17, 15) is 0 Å². The van der Waals surface area contributed by atoms with Crippen molar-refractivity contribution in [2.24, 2.45) is 5.73 Å². The second-order valence-electron chi connectivity index (χ2n) is 4.29. The predicted octanol–water partition coefficient (Wildman–Crippen LogP) is 1.46. The Morgan fingerprint density at radius 2 is 2.20 bits per heavy atom. The predicted molar refractivity (Wildman–Crippen MR) is 62.7 cm³/mol. The number of hydrogen-bond donors (Lipinski definition) is 1. The van der Waals surface area contributed by atoms with E-state index in [2.05, 4.69) is 37.9 Å². The van der Waals surface area contributed by atoms with Gasteiger partial charge in [-0.25, -0.2) is 0 Å². The van der Waals surface area contributed by atoms with Gasteiger partial charge in [-0.3, -0.25) is 0 Å². The standard InChI is InChI=1S/C12H18N2O/c1-8-4-9(2)12-11(5-8)14(3)7-10(6-13)15-12/h4-5,10H,6-7,13H2,1-3H3. The van der Waals surface area contributed by atoms with Crippen molar-refractivity contribution >= 4 is 5.69 Å². The van der Waals surface area contributed by atoms with Crippen LogP contribution in [0.2, 0.25) is 0 Å². The van der Waals surface area contributed by atoms with E-state index in [1.807, 2.05) is 0 Å². The highest BCUT2D eigenvalue weighted by molar-refractivity contribution is 5.64. The molecule has 3 heteroatoms. The zero-order chi connectivity index (χ0) is 11.0. The van der Waals surface area contributed by atoms with E-state index in [4.69, 9.17) is 10.5 Å². The highest BCUT2D eigenvalue weighted by Crippen LogP contribution is 2.36. The minimum absolute atomic E-state index is 0.115. The Hall–Kier alpha value is -1.22. The molecular formula is C12H18N2O. The molecule has 15 heavy (non-hydrogen) atoms. The monoisotopic (exact) mass is 206 g/mol. The molecule has 0 aromatic heterocycles. The molecule has 82 valence electrons. The fourth-order valence-electron chi connectivity index (χ4n) is 2.10. The van der Waals surface area contributed by atoms with Gasteiger partial charge >= 0.3 is 0 Å². The summed E-state index contributed by atoms with van der Waals surface area (Å²) in [6.07, 6.45) is 0.115. The quantitative estimate of drug-likeness (QED) is 0.756. The van der Waals surface area contributed by atoms with E-state index in [-0.39, 0.29) is 6.10 Å². The summed E-state index contributed by atoms with van der Waals surface area (Å²) in [6.45, 7) is 5.62. The maximum Gasteiger partial charge on any atom is 0.146 e. The van der Waals surface area contributed by atoms with Gasteiger partial charge in [-0.05, 0) is 31.0 Å². The maximum atomic E-state index is 5.87. The SMILES string of the molecule is Cc1cc(C)c2c(c1)N(C)CC(CN)O2. The van der Waals surface area contributed by atoms with Crippen LogP contribution in [-0.4, -0.2) is 26.2 Å². The second kappa shape index (κ2) is 3.74. The number of benzene rings is 1. The van der Waals surface area contributed by atoms with Gasteiger partial charge in [0.05, 0.1) is 12.2 Å². The van der Waals surface area contributed by atoms with Crippen LogP contribution >= 0.6 is 0 Å². The topological polar surface area (TPSA) is 38.5 Å². The van der Waals surface area contributed by atoms with Gasteiger partial charge in [0, 0.05) is 13.6 Å². The fraction of sp³-hybridized carbons (Fsp3) is 0.500. The summed E-state index contributed by atoms with van der Waals surface area (Å²) in [7, 11) is 2.09. The van der Waals surface area contributed by atoms with Crippen molar-refractivity contribution in [3.8, 4) is 5.75 Å². The number of hydrogen-bond acceptors (Lipinski definition) is 3. The number of likely N-dealkylation sites (N-methyl/N-ethyl adjacent to an activating group) is 1. The molecule has 3 nitrogen and oxygen atoms in total. The lowest BCUT2D eigenvalue weighted by molar-refractivity contribution is 0.202. The van der Waals surface area contributed by atoms with Crippen LogP contribution in [-0.2, 0) is 0 Å². The van der Waals surface area contributed by atoms with Crippen molar-refractivity contribution in [3.63, 3.8) is 0 Å². The van der Waals surface area contributed by atoms with Gasteiger partial charge in [0.15, 0.2) is 0 Å². The van der Waals surface area contributed by atoms with Crippen molar-refractivity contribution in [1.82, 2.24) is 0 Å². The fourth-order valence-corrected chi connectivity index (χ4v) is 2.10. The molecule has 0 bridgehead atoms. The number of ether oxygens (including phenoxy) is 1. The molecule has 1 aliphatic rings. The first-order valence-electron chi connectivity index (χ1n) is 5.31. The molecule has 0 aliphatic carbocycles.